The molecule has 0 saturated heterocycles. The Morgan fingerprint density at radius 3 is 2.55 bits per heavy atom. The van der Waals surface area contributed by atoms with Gasteiger partial charge in [-0.25, -0.2) is 8.78 Å². The van der Waals surface area contributed by atoms with Gasteiger partial charge in [0.2, 0.25) is 0 Å². The van der Waals surface area contributed by atoms with Gasteiger partial charge in [-0.05, 0) is 34.1 Å². The van der Waals surface area contributed by atoms with Crippen LogP contribution >= 0.6 is 15.9 Å². The summed E-state index contributed by atoms with van der Waals surface area (Å²) in [5.74, 6) is -1.28. The minimum absolute atomic E-state index is 0.0523. The molecule has 2 rings (SSSR count). The van der Waals surface area contributed by atoms with E-state index in [2.05, 4.69) is 21.2 Å². The number of nitro groups is 1. The highest BCUT2D eigenvalue weighted by atomic mass is 79.9. The van der Waals surface area contributed by atoms with E-state index in [1.165, 1.54) is 30.3 Å². The van der Waals surface area contributed by atoms with E-state index in [-0.39, 0.29) is 12.2 Å². The molecule has 0 aromatic heterocycles. The molecule has 0 bridgehead atoms. The highest BCUT2D eigenvalue weighted by molar-refractivity contribution is 9.10. The zero-order valence-corrected chi connectivity index (χ0v) is 11.7. The molecule has 104 valence electrons. The largest absolute Gasteiger partial charge is 0.381 e. The topological polar surface area (TPSA) is 55.2 Å². The van der Waals surface area contributed by atoms with Crippen LogP contribution in [0.3, 0.4) is 0 Å². The minimum atomic E-state index is -0.640. The Labute approximate surface area is 121 Å². The van der Waals surface area contributed by atoms with Crippen molar-refractivity contribution < 1.29 is 13.7 Å². The van der Waals surface area contributed by atoms with Gasteiger partial charge in [0, 0.05) is 29.9 Å². The number of hydrogen-bond acceptors (Lipinski definition) is 3. The summed E-state index contributed by atoms with van der Waals surface area (Å²) in [6, 6.07) is 7.71. The van der Waals surface area contributed by atoms with Crippen LogP contribution in [0.4, 0.5) is 20.2 Å². The lowest BCUT2D eigenvalue weighted by atomic mass is 10.2. The summed E-state index contributed by atoms with van der Waals surface area (Å²) >= 11 is 3.09. The summed E-state index contributed by atoms with van der Waals surface area (Å²) < 4.78 is 26.5. The minimum Gasteiger partial charge on any atom is -0.381 e. The summed E-state index contributed by atoms with van der Waals surface area (Å²) in [5.41, 5.74) is 0.843. The van der Waals surface area contributed by atoms with Crippen LogP contribution in [0, 0.1) is 21.7 Å². The van der Waals surface area contributed by atoms with E-state index in [1.807, 2.05) is 0 Å². The predicted octanol–water partition coefficient (Wildman–Crippen LogP) is 4.25. The van der Waals surface area contributed by atoms with Crippen LogP contribution in [-0.2, 0) is 6.54 Å². The molecule has 20 heavy (non-hydrogen) atoms. The van der Waals surface area contributed by atoms with Gasteiger partial charge in [0.1, 0.15) is 11.6 Å². The fourth-order valence-electron chi connectivity index (χ4n) is 1.63. The van der Waals surface area contributed by atoms with Crippen LogP contribution in [0.5, 0.6) is 0 Å². The maximum Gasteiger partial charge on any atom is 0.283 e. The summed E-state index contributed by atoms with van der Waals surface area (Å²) in [7, 11) is 0. The van der Waals surface area contributed by atoms with E-state index < -0.39 is 16.6 Å². The van der Waals surface area contributed by atoms with E-state index in [4.69, 9.17) is 0 Å². The fraction of sp³-hybridized carbons (Fsp3) is 0.0769. The quantitative estimate of drug-likeness (QED) is 0.667. The Kier molecular flexibility index (Phi) is 4.29. The van der Waals surface area contributed by atoms with E-state index in [0.717, 1.165) is 6.07 Å². The third-order valence-electron chi connectivity index (χ3n) is 2.64. The number of halogens is 3. The van der Waals surface area contributed by atoms with Gasteiger partial charge in [-0.2, -0.15) is 0 Å². The Morgan fingerprint density at radius 1 is 1.20 bits per heavy atom. The number of nitrogens with one attached hydrogen (secondary N) is 1. The second-order valence-electron chi connectivity index (χ2n) is 4.01. The second-order valence-corrected chi connectivity index (χ2v) is 4.87. The lowest BCUT2D eigenvalue weighted by Crippen LogP contribution is -2.02. The number of nitrogens with zero attached hydrogens (tertiary/aromatic N) is 1. The van der Waals surface area contributed by atoms with E-state index in [0.29, 0.717) is 15.7 Å². The van der Waals surface area contributed by atoms with Crippen LogP contribution in [0.2, 0.25) is 0 Å². The zero-order valence-electron chi connectivity index (χ0n) is 10.1. The zero-order chi connectivity index (χ0) is 14.7. The van der Waals surface area contributed by atoms with Gasteiger partial charge >= 0.3 is 0 Å². The van der Waals surface area contributed by atoms with Crippen molar-refractivity contribution in [3.63, 3.8) is 0 Å². The Balaban J connectivity index is 2.11. The van der Waals surface area contributed by atoms with Crippen molar-refractivity contribution in [2.24, 2.45) is 0 Å². The molecular weight excluding hydrogens is 334 g/mol. The second kappa shape index (κ2) is 5.96. The standard InChI is InChI=1S/C13H9BrF2N2O2/c14-11-6-10(3-4-13(11)18(19)20)17-7-8-1-2-9(15)5-12(8)16/h1-6,17H,7H2. The summed E-state index contributed by atoms with van der Waals surface area (Å²) in [6.45, 7) is 0.149. The average molecular weight is 343 g/mol. The van der Waals surface area contributed by atoms with Crippen molar-refractivity contribution in [1.29, 1.82) is 0 Å². The molecule has 2 aromatic rings. The molecule has 4 nitrogen and oxygen atoms in total. The molecule has 0 spiro atoms. The van der Waals surface area contributed by atoms with E-state index >= 15 is 0 Å². The molecule has 0 atom stereocenters. The van der Waals surface area contributed by atoms with Crippen molar-refractivity contribution in [3.05, 3.63) is 68.2 Å². The summed E-state index contributed by atoms with van der Waals surface area (Å²) in [5, 5.41) is 13.6. The molecule has 0 saturated carbocycles. The Bertz CT molecular complexity index is 665. The SMILES string of the molecule is O=[N+]([O-])c1ccc(NCc2ccc(F)cc2F)cc1Br. The first kappa shape index (κ1) is 14.4. The van der Waals surface area contributed by atoms with Crippen LogP contribution in [-0.4, -0.2) is 4.92 Å². The molecule has 1 N–H and O–H groups in total. The molecule has 0 aliphatic carbocycles. The summed E-state index contributed by atoms with van der Waals surface area (Å²) in [4.78, 5) is 10.2. The van der Waals surface area contributed by atoms with Crippen molar-refractivity contribution in [2.75, 3.05) is 5.32 Å². The molecule has 0 aliphatic heterocycles. The summed E-state index contributed by atoms with van der Waals surface area (Å²) in [6.07, 6.45) is 0. The van der Waals surface area contributed by atoms with Gasteiger partial charge in [-0.15, -0.1) is 0 Å². The lowest BCUT2D eigenvalue weighted by Gasteiger charge is -2.08. The van der Waals surface area contributed by atoms with Gasteiger partial charge in [-0.3, -0.25) is 10.1 Å². The molecule has 2 aromatic carbocycles. The maximum atomic E-state index is 13.4. The van der Waals surface area contributed by atoms with Crippen molar-refractivity contribution in [3.8, 4) is 0 Å². The van der Waals surface area contributed by atoms with Gasteiger partial charge in [-0.1, -0.05) is 6.07 Å². The number of anilines is 1. The third-order valence-corrected chi connectivity index (χ3v) is 3.28. The Hall–Kier alpha value is -2.02. The molecule has 0 amide bonds. The molecule has 7 heteroatoms. The van der Waals surface area contributed by atoms with Gasteiger partial charge in [0.25, 0.3) is 5.69 Å². The van der Waals surface area contributed by atoms with Gasteiger partial charge < -0.3 is 5.32 Å². The van der Waals surface area contributed by atoms with Crippen molar-refractivity contribution in [1.82, 2.24) is 0 Å². The molecule has 0 aliphatic rings. The predicted molar refractivity (Wildman–Crippen MR) is 74.5 cm³/mol. The van der Waals surface area contributed by atoms with Gasteiger partial charge in [0.15, 0.2) is 0 Å². The third kappa shape index (κ3) is 3.30. The molecule has 0 unspecified atom stereocenters. The lowest BCUT2D eigenvalue weighted by molar-refractivity contribution is -0.385. The van der Waals surface area contributed by atoms with Gasteiger partial charge in [0.05, 0.1) is 9.40 Å². The van der Waals surface area contributed by atoms with Crippen molar-refractivity contribution in [2.45, 2.75) is 6.54 Å². The smallest absolute Gasteiger partial charge is 0.283 e. The van der Waals surface area contributed by atoms with Crippen LogP contribution in [0.15, 0.2) is 40.9 Å². The number of benzene rings is 2. The maximum absolute atomic E-state index is 13.4. The highest BCUT2D eigenvalue weighted by Crippen LogP contribution is 2.28. The molecule has 0 fully saturated rings. The van der Waals surface area contributed by atoms with Crippen LogP contribution in [0.25, 0.3) is 0 Å². The number of rotatable bonds is 4. The number of hydrogen-bond donors (Lipinski definition) is 1. The first-order valence-electron chi connectivity index (χ1n) is 5.59. The monoisotopic (exact) mass is 342 g/mol. The number of nitro benzene ring substituents is 1. The first-order chi connectivity index (χ1) is 9.47. The Morgan fingerprint density at radius 2 is 1.95 bits per heavy atom. The van der Waals surface area contributed by atoms with E-state index in [1.54, 1.807) is 0 Å². The average Bonchev–Trinajstić information content (AvgIpc) is 2.37. The molecule has 0 radical (unpaired) electrons. The van der Waals surface area contributed by atoms with Crippen LogP contribution in [0.1, 0.15) is 5.56 Å². The normalized spacial score (nSPS) is 10.3. The molecule has 0 heterocycles. The van der Waals surface area contributed by atoms with Crippen LogP contribution < -0.4 is 5.32 Å². The first-order valence-corrected chi connectivity index (χ1v) is 6.38. The molecular formula is C13H9BrF2N2O2. The van der Waals surface area contributed by atoms with Crippen molar-refractivity contribution >= 4 is 27.3 Å². The van der Waals surface area contributed by atoms with E-state index in [9.17, 15) is 18.9 Å². The fourth-order valence-corrected chi connectivity index (χ4v) is 2.15. The highest BCUT2D eigenvalue weighted by Gasteiger charge is 2.11.